The first-order valence-corrected chi connectivity index (χ1v) is 8.05. The van der Waals surface area contributed by atoms with Crippen molar-refractivity contribution in [3.8, 4) is 12.1 Å². The smallest absolute Gasteiger partial charge is 0.157 e. The molecule has 0 N–H and O–H groups in total. The summed E-state index contributed by atoms with van der Waals surface area (Å²) < 4.78 is 5.99. The normalized spacial score (nSPS) is 17.4. The topological polar surface area (TPSA) is 67.2 Å². The van der Waals surface area contributed by atoms with E-state index in [-0.39, 0.29) is 6.17 Å². The standard InChI is InChI=1S/C20H16N4O/c1-12-8-15-14-6-4-5-7-19(14)25-20(15)9-16(12)24-13(2)23(3)17(10-21)18(24)11-22/h4-9,13H,1-3H3/t13-/m0/s1. The van der Waals surface area contributed by atoms with Crippen molar-refractivity contribution < 1.29 is 4.42 Å². The molecular weight excluding hydrogens is 312 g/mol. The van der Waals surface area contributed by atoms with Crippen LogP contribution < -0.4 is 4.90 Å². The van der Waals surface area contributed by atoms with Crippen LogP contribution in [-0.2, 0) is 0 Å². The van der Waals surface area contributed by atoms with Gasteiger partial charge in [0.05, 0.1) is 5.69 Å². The maximum Gasteiger partial charge on any atom is 0.157 e. The molecule has 1 aliphatic heterocycles. The highest BCUT2D eigenvalue weighted by atomic mass is 16.3. The Morgan fingerprint density at radius 2 is 1.72 bits per heavy atom. The summed E-state index contributed by atoms with van der Waals surface area (Å²) in [5, 5.41) is 21.1. The van der Waals surface area contributed by atoms with E-state index in [9.17, 15) is 10.5 Å². The van der Waals surface area contributed by atoms with Crippen molar-refractivity contribution in [3.05, 3.63) is 53.4 Å². The average molecular weight is 328 g/mol. The predicted molar refractivity (Wildman–Crippen MR) is 96.4 cm³/mol. The van der Waals surface area contributed by atoms with E-state index in [1.807, 2.05) is 61.0 Å². The fourth-order valence-corrected chi connectivity index (χ4v) is 3.52. The average Bonchev–Trinajstić information content (AvgIpc) is 3.09. The van der Waals surface area contributed by atoms with Crippen LogP contribution in [0.3, 0.4) is 0 Å². The van der Waals surface area contributed by atoms with Gasteiger partial charge < -0.3 is 14.2 Å². The lowest BCUT2D eigenvalue weighted by atomic mass is 10.1. The van der Waals surface area contributed by atoms with Crippen LogP contribution in [0.15, 0.2) is 52.2 Å². The zero-order valence-corrected chi connectivity index (χ0v) is 14.2. The third-order valence-electron chi connectivity index (χ3n) is 4.92. The van der Waals surface area contributed by atoms with E-state index < -0.39 is 0 Å². The summed E-state index contributed by atoms with van der Waals surface area (Å²) in [6, 6.07) is 16.3. The molecule has 0 fully saturated rings. The molecule has 5 nitrogen and oxygen atoms in total. The Balaban J connectivity index is 1.97. The fourth-order valence-electron chi connectivity index (χ4n) is 3.52. The number of rotatable bonds is 1. The lowest BCUT2D eigenvalue weighted by molar-refractivity contribution is 0.367. The highest BCUT2D eigenvalue weighted by Crippen LogP contribution is 2.39. The van der Waals surface area contributed by atoms with Crippen molar-refractivity contribution in [2.75, 3.05) is 11.9 Å². The summed E-state index contributed by atoms with van der Waals surface area (Å²) in [5.74, 6) is 0. The molecule has 2 aromatic carbocycles. The third kappa shape index (κ3) is 2.00. The van der Waals surface area contributed by atoms with E-state index in [1.165, 1.54) is 0 Å². The van der Waals surface area contributed by atoms with Gasteiger partial charge in [-0.15, -0.1) is 0 Å². The molecule has 0 saturated heterocycles. The molecular formula is C20H16N4O. The number of nitrogens with zero attached hydrogens (tertiary/aromatic N) is 4. The van der Waals surface area contributed by atoms with Crippen LogP contribution in [0, 0.1) is 29.6 Å². The van der Waals surface area contributed by atoms with Crippen molar-refractivity contribution in [1.82, 2.24) is 4.90 Å². The number of benzene rings is 2. The van der Waals surface area contributed by atoms with Gasteiger partial charge in [0.15, 0.2) is 11.4 Å². The molecule has 0 bridgehead atoms. The molecule has 4 rings (SSSR count). The number of aryl methyl sites for hydroxylation is 1. The summed E-state index contributed by atoms with van der Waals surface area (Å²) in [4.78, 5) is 3.72. The third-order valence-corrected chi connectivity index (χ3v) is 4.92. The molecule has 0 unspecified atom stereocenters. The SMILES string of the molecule is Cc1cc2c(cc1N1C(C#N)=C(C#N)N(C)[C@@H]1C)oc1ccccc12. The Morgan fingerprint density at radius 3 is 2.44 bits per heavy atom. The first kappa shape index (κ1) is 15.1. The van der Waals surface area contributed by atoms with Gasteiger partial charge in [0.25, 0.3) is 0 Å². The Bertz CT molecular complexity index is 1130. The second-order valence-electron chi connectivity index (χ2n) is 6.27. The van der Waals surface area contributed by atoms with Crippen LogP contribution >= 0.6 is 0 Å². The van der Waals surface area contributed by atoms with Gasteiger partial charge in [0, 0.05) is 23.9 Å². The van der Waals surface area contributed by atoms with E-state index >= 15 is 0 Å². The molecule has 1 atom stereocenters. The summed E-state index contributed by atoms with van der Waals surface area (Å²) in [7, 11) is 1.83. The second kappa shape index (κ2) is 5.29. The van der Waals surface area contributed by atoms with E-state index in [2.05, 4.69) is 18.2 Å². The number of hydrogen-bond acceptors (Lipinski definition) is 5. The largest absolute Gasteiger partial charge is 0.456 e. The van der Waals surface area contributed by atoms with Crippen LogP contribution in [0.1, 0.15) is 12.5 Å². The minimum atomic E-state index is -0.121. The lowest BCUT2D eigenvalue weighted by Crippen LogP contribution is -2.36. The van der Waals surface area contributed by atoms with E-state index in [4.69, 9.17) is 4.42 Å². The summed E-state index contributed by atoms with van der Waals surface area (Å²) in [6.07, 6.45) is -0.121. The zero-order chi connectivity index (χ0) is 17.7. The number of fused-ring (bicyclic) bond motifs is 3. The molecule has 0 amide bonds. The lowest BCUT2D eigenvalue weighted by Gasteiger charge is -2.29. The van der Waals surface area contributed by atoms with Gasteiger partial charge in [-0.25, -0.2) is 0 Å². The van der Waals surface area contributed by atoms with Gasteiger partial charge in [-0.2, -0.15) is 10.5 Å². The maximum atomic E-state index is 9.60. The number of anilines is 1. The number of nitriles is 2. The van der Waals surface area contributed by atoms with Crippen molar-refractivity contribution in [1.29, 1.82) is 10.5 Å². The number of para-hydroxylation sites is 1. The summed E-state index contributed by atoms with van der Waals surface area (Å²) in [5.41, 5.74) is 4.29. The van der Waals surface area contributed by atoms with E-state index in [0.717, 1.165) is 33.2 Å². The Hall–Kier alpha value is -3.44. The summed E-state index contributed by atoms with van der Waals surface area (Å²) in [6.45, 7) is 3.99. The van der Waals surface area contributed by atoms with Crippen LogP contribution in [0.25, 0.3) is 21.9 Å². The van der Waals surface area contributed by atoms with Gasteiger partial charge in [0.1, 0.15) is 29.5 Å². The zero-order valence-electron chi connectivity index (χ0n) is 14.2. The summed E-state index contributed by atoms with van der Waals surface area (Å²) >= 11 is 0. The van der Waals surface area contributed by atoms with Gasteiger partial charge in [-0.05, 0) is 31.5 Å². The van der Waals surface area contributed by atoms with Gasteiger partial charge in [-0.3, -0.25) is 0 Å². The second-order valence-corrected chi connectivity index (χ2v) is 6.27. The van der Waals surface area contributed by atoms with E-state index in [1.54, 1.807) is 0 Å². The Labute approximate surface area is 145 Å². The number of furan rings is 1. The minimum Gasteiger partial charge on any atom is -0.456 e. The molecule has 0 saturated carbocycles. The molecule has 122 valence electrons. The van der Waals surface area contributed by atoms with Crippen molar-refractivity contribution >= 4 is 27.6 Å². The molecule has 0 spiro atoms. The highest BCUT2D eigenvalue weighted by Gasteiger charge is 2.35. The number of allylic oxidation sites excluding steroid dienone is 2. The fraction of sp³-hybridized carbons (Fsp3) is 0.200. The maximum absolute atomic E-state index is 9.60. The first-order chi connectivity index (χ1) is 12.1. The van der Waals surface area contributed by atoms with E-state index in [0.29, 0.717) is 11.4 Å². The van der Waals surface area contributed by atoms with Crippen LogP contribution in [-0.4, -0.2) is 18.1 Å². The van der Waals surface area contributed by atoms with Gasteiger partial charge >= 0.3 is 0 Å². The molecule has 5 heteroatoms. The molecule has 1 aromatic heterocycles. The van der Waals surface area contributed by atoms with Crippen LogP contribution in [0.4, 0.5) is 5.69 Å². The van der Waals surface area contributed by atoms with Gasteiger partial charge in [-0.1, -0.05) is 18.2 Å². The quantitative estimate of drug-likeness (QED) is 0.668. The first-order valence-electron chi connectivity index (χ1n) is 8.05. The van der Waals surface area contributed by atoms with Gasteiger partial charge in [0.2, 0.25) is 0 Å². The molecule has 3 aromatic rings. The van der Waals surface area contributed by atoms with Crippen LogP contribution in [0.5, 0.6) is 0 Å². The predicted octanol–water partition coefficient (Wildman–Crippen LogP) is 4.25. The van der Waals surface area contributed by atoms with Crippen molar-refractivity contribution in [2.45, 2.75) is 20.0 Å². The van der Waals surface area contributed by atoms with Crippen molar-refractivity contribution in [2.24, 2.45) is 0 Å². The van der Waals surface area contributed by atoms with Crippen LogP contribution in [0.2, 0.25) is 0 Å². The molecule has 2 heterocycles. The molecule has 1 aliphatic rings. The van der Waals surface area contributed by atoms with Crippen molar-refractivity contribution in [3.63, 3.8) is 0 Å². The minimum absolute atomic E-state index is 0.121. The highest BCUT2D eigenvalue weighted by molar-refractivity contribution is 6.06. The molecule has 0 radical (unpaired) electrons. The Morgan fingerprint density at radius 1 is 1.00 bits per heavy atom. The monoisotopic (exact) mass is 328 g/mol. The Kier molecular flexibility index (Phi) is 3.20. The number of hydrogen-bond donors (Lipinski definition) is 0. The molecule has 0 aliphatic carbocycles. The molecule has 25 heavy (non-hydrogen) atoms.